The maximum atomic E-state index is 11.9. The molecule has 0 saturated heterocycles. The fraction of sp³-hybridized carbons (Fsp3) is 0.118. The summed E-state index contributed by atoms with van der Waals surface area (Å²) >= 11 is 15.0. The summed E-state index contributed by atoms with van der Waals surface area (Å²) in [5.74, 6) is -0.635. The molecule has 8 heteroatoms. The highest BCUT2D eigenvalue weighted by atomic mass is 79.9. The lowest BCUT2D eigenvalue weighted by Crippen LogP contribution is -2.29. The Hall–Kier alpha value is -1.89. The quantitative estimate of drug-likeness (QED) is 0.523. The van der Waals surface area contributed by atoms with Crippen molar-refractivity contribution in [1.82, 2.24) is 10.7 Å². The molecule has 2 amide bonds. The Morgan fingerprint density at radius 3 is 2.64 bits per heavy atom. The van der Waals surface area contributed by atoms with Crippen LogP contribution in [0.4, 0.5) is 0 Å². The summed E-state index contributed by atoms with van der Waals surface area (Å²) in [6, 6.07) is 12.1. The van der Waals surface area contributed by atoms with Crippen LogP contribution in [0, 0.1) is 0 Å². The highest BCUT2D eigenvalue weighted by molar-refractivity contribution is 9.10. The van der Waals surface area contributed by atoms with Crippen LogP contribution in [0.2, 0.25) is 10.0 Å². The van der Waals surface area contributed by atoms with Crippen molar-refractivity contribution in [2.24, 2.45) is 5.10 Å². The third-order valence-electron chi connectivity index (χ3n) is 3.07. The summed E-state index contributed by atoms with van der Waals surface area (Å²) in [5, 5.41) is 7.18. The first kappa shape index (κ1) is 19.4. The van der Waals surface area contributed by atoms with Crippen molar-refractivity contribution in [2.45, 2.75) is 6.42 Å². The lowest BCUT2D eigenvalue weighted by Gasteiger charge is -2.05. The van der Waals surface area contributed by atoms with Gasteiger partial charge in [-0.25, -0.2) is 5.43 Å². The molecule has 0 aliphatic rings. The molecule has 0 aliphatic carbocycles. The molecule has 2 rings (SSSR count). The fourth-order valence-electron chi connectivity index (χ4n) is 1.85. The monoisotopic (exact) mass is 441 g/mol. The van der Waals surface area contributed by atoms with E-state index in [0.717, 1.165) is 10.0 Å². The molecular formula is C17H14BrCl2N3O2. The lowest BCUT2D eigenvalue weighted by molar-refractivity contribution is -0.120. The van der Waals surface area contributed by atoms with Crippen molar-refractivity contribution in [2.75, 3.05) is 6.54 Å². The van der Waals surface area contributed by atoms with Crippen molar-refractivity contribution < 1.29 is 9.59 Å². The number of nitrogens with one attached hydrogen (secondary N) is 2. The molecule has 2 N–H and O–H groups in total. The number of hydrogen-bond acceptors (Lipinski definition) is 3. The zero-order valence-corrected chi connectivity index (χ0v) is 16.0. The Labute approximate surface area is 163 Å². The molecule has 5 nitrogen and oxygen atoms in total. The van der Waals surface area contributed by atoms with E-state index < -0.39 is 0 Å². The first-order valence-electron chi connectivity index (χ1n) is 7.26. The normalized spacial score (nSPS) is 10.7. The third kappa shape index (κ3) is 6.49. The largest absolute Gasteiger partial charge is 0.352 e. The van der Waals surface area contributed by atoms with Crippen molar-refractivity contribution in [3.05, 3.63) is 68.1 Å². The summed E-state index contributed by atoms with van der Waals surface area (Å²) in [4.78, 5) is 23.6. The van der Waals surface area contributed by atoms with Crippen LogP contribution in [0.25, 0.3) is 0 Å². The molecule has 0 radical (unpaired) electrons. The Kier molecular flexibility index (Phi) is 7.43. The summed E-state index contributed by atoms with van der Waals surface area (Å²) < 4.78 is 0.924. The van der Waals surface area contributed by atoms with Gasteiger partial charge in [0.2, 0.25) is 5.91 Å². The highest BCUT2D eigenvalue weighted by Gasteiger charge is 2.08. The topological polar surface area (TPSA) is 70.6 Å². The van der Waals surface area contributed by atoms with Gasteiger partial charge in [0.1, 0.15) is 0 Å². The average molecular weight is 443 g/mol. The molecule has 0 aromatic heterocycles. The number of amides is 2. The van der Waals surface area contributed by atoms with Gasteiger partial charge < -0.3 is 5.32 Å². The average Bonchev–Trinajstić information content (AvgIpc) is 2.57. The molecular weight excluding hydrogens is 429 g/mol. The minimum absolute atomic E-state index is 0.100. The van der Waals surface area contributed by atoms with Crippen molar-refractivity contribution in [1.29, 1.82) is 0 Å². The smallest absolute Gasteiger partial charge is 0.251 e. The molecule has 0 unspecified atom stereocenters. The second-order valence-electron chi connectivity index (χ2n) is 4.98. The molecule has 0 atom stereocenters. The number of benzene rings is 2. The van der Waals surface area contributed by atoms with Crippen LogP contribution in [0.5, 0.6) is 0 Å². The van der Waals surface area contributed by atoms with E-state index in [1.807, 2.05) is 24.3 Å². The first-order valence-corrected chi connectivity index (χ1v) is 8.81. The molecule has 0 spiro atoms. The van der Waals surface area contributed by atoms with E-state index in [2.05, 4.69) is 31.8 Å². The van der Waals surface area contributed by atoms with Crippen LogP contribution in [0.15, 0.2) is 52.0 Å². The number of hydrazone groups is 1. The molecule has 0 fully saturated rings. The van der Waals surface area contributed by atoms with E-state index in [4.69, 9.17) is 23.2 Å². The van der Waals surface area contributed by atoms with Gasteiger partial charge in [-0.2, -0.15) is 5.10 Å². The molecule has 2 aromatic carbocycles. The lowest BCUT2D eigenvalue weighted by atomic mass is 10.2. The Morgan fingerprint density at radius 1 is 1.12 bits per heavy atom. The Morgan fingerprint density at radius 2 is 1.92 bits per heavy atom. The van der Waals surface area contributed by atoms with Gasteiger partial charge in [0, 0.05) is 23.0 Å². The molecule has 0 heterocycles. The number of halogens is 3. The van der Waals surface area contributed by atoms with Gasteiger partial charge in [0.15, 0.2) is 0 Å². The fourth-order valence-corrected chi connectivity index (χ4v) is 2.57. The number of carbonyl (C=O) groups is 2. The second-order valence-corrected chi connectivity index (χ2v) is 6.71. The predicted octanol–water partition coefficient (Wildman–Crippen LogP) is 4.03. The molecule has 130 valence electrons. The van der Waals surface area contributed by atoms with Gasteiger partial charge in [-0.15, -0.1) is 0 Å². The Balaban J connectivity index is 1.74. The summed E-state index contributed by atoms with van der Waals surface area (Å²) in [6.07, 6.45) is 1.64. The maximum Gasteiger partial charge on any atom is 0.251 e. The van der Waals surface area contributed by atoms with E-state index in [1.165, 1.54) is 12.3 Å². The van der Waals surface area contributed by atoms with Gasteiger partial charge in [0.05, 0.1) is 16.3 Å². The van der Waals surface area contributed by atoms with Crippen LogP contribution in [0.1, 0.15) is 22.3 Å². The minimum Gasteiger partial charge on any atom is -0.352 e. The molecule has 0 saturated carbocycles. The van der Waals surface area contributed by atoms with Crippen molar-refractivity contribution in [3.63, 3.8) is 0 Å². The number of carbonyl (C=O) groups excluding carboxylic acids is 2. The SMILES string of the molecule is O=C(CCNC(=O)c1ccc(Cl)c(Cl)c1)NN=Cc1cccc(Br)c1. The summed E-state index contributed by atoms with van der Waals surface area (Å²) in [7, 11) is 0. The van der Waals surface area contributed by atoms with Crippen LogP contribution in [-0.4, -0.2) is 24.6 Å². The van der Waals surface area contributed by atoms with E-state index in [1.54, 1.807) is 12.1 Å². The van der Waals surface area contributed by atoms with Crippen LogP contribution in [-0.2, 0) is 4.79 Å². The standard InChI is InChI=1S/C17H14BrCl2N3O2/c18-13-3-1-2-11(8-13)10-22-23-16(24)6-7-21-17(25)12-4-5-14(19)15(20)9-12/h1-5,8-10H,6-7H2,(H,21,25)(H,23,24). The van der Waals surface area contributed by atoms with E-state index in [0.29, 0.717) is 15.6 Å². The number of nitrogens with zero attached hydrogens (tertiary/aromatic N) is 1. The van der Waals surface area contributed by atoms with Gasteiger partial charge >= 0.3 is 0 Å². The van der Waals surface area contributed by atoms with E-state index in [-0.39, 0.29) is 24.8 Å². The van der Waals surface area contributed by atoms with Gasteiger partial charge in [-0.1, -0.05) is 51.3 Å². The summed E-state index contributed by atoms with van der Waals surface area (Å²) in [5.41, 5.74) is 3.63. The zero-order valence-electron chi connectivity index (χ0n) is 12.9. The number of hydrogen-bond donors (Lipinski definition) is 2. The van der Waals surface area contributed by atoms with Gasteiger partial charge in [0.25, 0.3) is 5.91 Å². The first-order chi connectivity index (χ1) is 12.0. The van der Waals surface area contributed by atoms with Gasteiger partial charge in [-0.05, 0) is 35.9 Å². The molecule has 25 heavy (non-hydrogen) atoms. The van der Waals surface area contributed by atoms with Crippen LogP contribution < -0.4 is 10.7 Å². The third-order valence-corrected chi connectivity index (χ3v) is 4.30. The van der Waals surface area contributed by atoms with E-state index >= 15 is 0 Å². The highest BCUT2D eigenvalue weighted by Crippen LogP contribution is 2.22. The van der Waals surface area contributed by atoms with Crippen molar-refractivity contribution >= 4 is 57.2 Å². The number of rotatable bonds is 6. The van der Waals surface area contributed by atoms with E-state index in [9.17, 15) is 9.59 Å². The summed E-state index contributed by atoms with van der Waals surface area (Å²) in [6.45, 7) is 0.178. The predicted molar refractivity (Wildman–Crippen MR) is 103 cm³/mol. The van der Waals surface area contributed by atoms with Gasteiger partial charge in [-0.3, -0.25) is 9.59 Å². The maximum absolute atomic E-state index is 11.9. The molecule has 2 aromatic rings. The zero-order chi connectivity index (χ0) is 18.2. The van der Waals surface area contributed by atoms with Crippen molar-refractivity contribution in [3.8, 4) is 0 Å². The molecule has 0 bridgehead atoms. The second kappa shape index (κ2) is 9.56. The molecule has 0 aliphatic heterocycles. The Bertz CT molecular complexity index is 812. The van der Waals surface area contributed by atoms with Crippen LogP contribution >= 0.6 is 39.1 Å². The minimum atomic E-state index is -0.330. The van der Waals surface area contributed by atoms with Crippen LogP contribution in [0.3, 0.4) is 0 Å².